The van der Waals surface area contributed by atoms with Crippen LogP contribution in [0, 0.1) is 0 Å². The van der Waals surface area contributed by atoms with E-state index in [2.05, 4.69) is 0 Å². The van der Waals surface area contributed by atoms with Gasteiger partial charge in [-0.2, -0.15) is 0 Å². The minimum Gasteiger partial charge on any atom is -0.290 e. The number of hydrogen-bond donors (Lipinski definition) is 2. The smallest absolute Gasteiger partial charge is 0.0834 e. The topological polar surface area (TPSA) is 61.8 Å². The maximum absolute atomic E-state index is 5.56. The van der Waals surface area contributed by atoms with E-state index in [9.17, 15) is 0 Å². The molecule has 0 amide bonds. The Morgan fingerprint density at radius 3 is 2.73 bits per heavy atom. The van der Waals surface area contributed by atoms with Gasteiger partial charge in [-0.05, 0) is 6.08 Å². The average Bonchev–Trinajstić information content (AvgIpc) is 2.32. The second-order valence-corrected chi connectivity index (χ2v) is 2.34. The Labute approximate surface area is 64.4 Å². The van der Waals surface area contributed by atoms with Gasteiger partial charge in [0, 0.05) is 24.8 Å². The van der Waals surface area contributed by atoms with Gasteiger partial charge in [-0.3, -0.25) is 5.01 Å². The molecule has 11 heavy (non-hydrogen) atoms. The number of hydrogen-bond acceptors (Lipinski definition) is 5. The molecule has 2 aliphatic heterocycles. The van der Waals surface area contributed by atoms with Crippen LogP contribution in [0.5, 0.6) is 0 Å². The van der Waals surface area contributed by atoms with E-state index >= 15 is 0 Å². The first-order chi connectivity index (χ1) is 5.27. The third-order valence-corrected chi connectivity index (χ3v) is 1.57. The summed E-state index contributed by atoms with van der Waals surface area (Å²) in [5.41, 5.74) is 0.956. The molecule has 4 N–H and O–H groups in total. The van der Waals surface area contributed by atoms with Crippen molar-refractivity contribution >= 4 is 0 Å². The van der Waals surface area contributed by atoms with Crippen LogP contribution in [0.1, 0.15) is 0 Å². The van der Waals surface area contributed by atoms with Crippen LogP contribution >= 0.6 is 0 Å². The van der Waals surface area contributed by atoms with Gasteiger partial charge in [0.25, 0.3) is 0 Å². The number of allylic oxidation sites excluding steroid dienone is 1. The highest BCUT2D eigenvalue weighted by molar-refractivity contribution is 5.25. The predicted octanol–water partition coefficient (Wildman–Crippen LogP) is -0.592. The molecule has 0 aromatic carbocycles. The molecule has 2 heterocycles. The van der Waals surface area contributed by atoms with Gasteiger partial charge in [0.1, 0.15) is 0 Å². The van der Waals surface area contributed by atoms with E-state index in [1.54, 1.807) is 29.8 Å². The Bertz CT molecular complexity index is 254. The van der Waals surface area contributed by atoms with E-state index in [1.165, 1.54) is 10.1 Å². The quantitative estimate of drug-likeness (QED) is 0.453. The van der Waals surface area contributed by atoms with Gasteiger partial charge in [-0.15, -0.1) is 0 Å². The molecular formula is C6H9N5. The fourth-order valence-electron chi connectivity index (χ4n) is 1.04. The van der Waals surface area contributed by atoms with E-state index < -0.39 is 0 Å². The van der Waals surface area contributed by atoms with Gasteiger partial charge in [0.15, 0.2) is 0 Å². The van der Waals surface area contributed by atoms with Gasteiger partial charge in [-0.25, -0.2) is 21.8 Å². The fourth-order valence-corrected chi connectivity index (χ4v) is 1.04. The van der Waals surface area contributed by atoms with Crippen LogP contribution in [0.2, 0.25) is 0 Å². The monoisotopic (exact) mass is 151 g/mol. The standard InChI is InChI=1S/C6H9N5/c7-9-3-4-10-6(5-9)1-2-11(10)8/h1-5H,7-8H2. The first-order valence-corrected chi connectivity index (χ1v) is 3.22. The zero-order valence-corrected chi connectivity index (χ0v) is 5.88. The van der Waals surface area contributed by atoms with E-state index in [-0.39, 0.29) is 0 Å². The summed E-state index contributed by atoms with van der Waals surface area (Å²) in [6.45, 7) is 0. The number of rotatable bonds is 0. The van der Waals surface area contributed by atoms with E-state index in [4.69, 9.17) is 11.7 Å². The lowest BCUT2D eigenvalue weighted by atomic mass is 10.4. The third-order valence-electron chi connectivity index (χ3n) is 1.57. The molecule has 0 aromatic rings. The highest BCUT2D eigenvalue weighted by atomic mass is 15.8. The Morgan fingerprint density at radius 2 is 1.91 bits per heavy atom. The number of fused-ring (bicyclic) bond motifs is 1. The summed E-state index contributed by atoms with van der Waals surface area (Å²) < 4.78 is 0. The van der Waals surface area contributed by atoms with Crippen molar-refractivity contribution in [3.63, 3.8) is 0 Å². The molecule has 0 atom stereocenters. The molecule has 5 nitrogen and oxygen atoms in total. The summed E-state index contributed by atoms with van der Waals surface area (Å²) in [5, 5.41) is 4.74. The first-order valence-electron chi connectivity index (χ1n) is 3.22. The van der Waals surface area contributed by atoms with Crippen LogP contribution in [-0.4, -0.2) is 15.1 Å². The van der Waals surface area contributed by atoms with Gasteiger partial charge < -0.3 is 0 Å². The Morgan fingerprint density at radius 1 is 1.09 bits per heavy atom. The van der Waals surface area contributed by atoms with Crippen molar-refractivity contribution in [3.8, 4) is 0 Å². The predicted molar refractivity (Wildman–Crippen MR) is 40.3 cm³/mol. The van der Waals surface area contributed by atoms with Crippen LogP contribution in [-0.2, 0) is 0 Å². The summed E-state index contributed by atoms with van der Waals surface area (Å²) in [6.07, 6.45) is 8.92. The van der Waals surface area contributed by atoms with Crippen molar-refractivity contribution in [2.24, 2.45) is 11.7 Å². The molecule has 0 radical (unpaired) electrons. The molecule has 0 saturated carbocycles. The highest BCUT2D eigenvalue weighted by Crippen LogP contribution is 2.19. The van der Waals surface area contributed by atoms with Crippen LogP contribution < -0.4 is 11.7 Å². The molecule has 0 aromatic heterocycles. The van der Waals surface area contributed by atoms with Crippen molar-refractivity contribution in [1.29, 1.82) is 0 Å². The van der Waals surface area contributed by atoms with Crippen molar-refractivity contribution in [3.05, 3.63) is 36.6 Å². The molecule has 0 fully saturated rings. The number of nitrogens with zero attached hydrogens (tertiary/aromatic N) is 3. The van der Waals surface area contributed by atoms with Gasteiger partial charge in [-0.1, -0.05) is 0 Å². The third kappa shape index (κ3) is 0.866. The van der Waals surface area contributed by atoms with Crippen LogP contribution in [0.4, 0.5) is 0 Å². The normalized spacial score (nSPS) is 20.9. The molecule has 0 spiro atoms. The van der Waals surface area contributed by atoms with Crippen molar-refractivity contribution in [2.75, 3.05) is 0 Å². The van der Waals surface area contributed by atoms with E-state index in [1.807, 2.05) is 6.08 Å². The summed E-state index contributed by atoms with van der Waals surface area (Å²) in [4.78, 5) is 0. The van der Waals surface area contributed by atoms with Gasteiger partial charge in [0.2, 0.25) is 0 Å². The number of hydrazine groups is 3. The largest absolute Gasteiger partial charge is 0.290 e. The van der Waals surface area contributed by atoms with E-state index in [0.717, 1.165) is 5.70 Å². The first kappa shape index (κ1) is 6.26. The maximum Gasteiger partial charge on any atom is 0.0834 e. The molecule has 2 rings (SSSR count). The lowest BCUT2D eigenvalue weighted by Gasteiger charge is -2.27. The maximum atomic E-state index is 5.56. The Balaban J connectivity index is 2.29. The fraction of sp³-hybridized carbons (Fsp3) is 0. The molecule has 0 aliphatic carbocycles. The lowest BCUT2D eigenvalue weighted by molar-refractivity contribution is 0.132. The molecule has 2 aliphatic rings. The minimum atomic E-state index is 0.956. The second kappa shape index (κ2) is 2.01. The molecular weight excluding hydrogens is 142 g/mol. The zero-order chi connectivity index (χ0) is 7.84. The van der Waals surface area contributed by atoms with E-state index in [0.29, 0.717) is 0 Å². The molecule has 0 saturated heterocycles. The molecule has 58 valence electrons. The summed E-state index contributed by atoms with van der Waals surface area (Å²) in [6, 6.07) is 0. The van der Waals surface area contributed by atoms with Crippen molar-refractivity contribution in [2.45, 2.75) is 0 Å². The van der Waals surface area contributed by atoms with Gasteiger partial charge >= 0.3 is 0 Å². The van der Waals surface area contributed by atoms with Gasteiger partial charge in [0.05, 0.1) is 5.70 Å². The molecule has 0 bridgehead atoms. The number of nitrogens with two attached hydrogens (primary N) is 2. The Hall–Kier alpha value is -1.46. The average molecular weight is 151 g/mol. The lowest BCUT2D eigenvalue weighted by Crippen LogP contribution is -2.38. The van der Waals surface area contributed by atoms with Crippen molar-refractivity contribution < 1.29 is 0 Å². The minimum absolute atomic E-state index is 0.956. The van der Waals surface area contributed by atoms with Crippen molar-refractivity contribution in [1.82, 2.24) is 15.1 Å². The van der Waals surface area contributed by atoms with Crippen LogP contribution in [0.3, 0.4) is 0 Å². The highest BCUT2D eigenvalue weighted by Gasteiger charge is 2.17. The zero-order valence-electron chi connectivity index (χ0n) is 5.88. The van der Waals surface area contributed by atoms with Crippen LogP contribution in [0.25, 0.3) is 0 Å². The summed E-state index contributed by atoms with van der Waals surface area (Å²) in [5.74, 6) is 11.0. The second-order valence-electron chi connectivity index (χ2n) is 2.34. The SMILES string of the molecule is NN1C=CN2C(=C1)C=CN2N. The Kier molecular flexibility index (Phi) is 1.14. The summed E-state index contributed by atoms with van der Waals surface area (Å²) in [7, 11) is 0. The molecule has 5 heteroatoms. The van der Waals surface area contributed by atoms with Crippen LogP contribution in [0.15, 0.2) is 36.6 Å². The summed E-state index contributed by atoms with van der Waals surface area (Å²) >= 11 is 0. The molecule has 0 unspecified atom stereocenters.